The van der Waals surface area contributed by atoms with Gasteiger partial charge in [-0.1, -0.05) is 0 Å². The molecule has 0 amide bonds. The van der Waals surface area contributed by atoms with Crippen molar-refractivity contribution in [3.05, 3.63) is 26.4 Å². The molecular formula is C5H7N3O3. The van der Waals surface area contributed by atoms with Crippen LogP contribution in [0.1, 0.15) is 5.56 Å². The van der Waals surface area contributed by atoms with Crippen molar-refractivity contribution in [3.63, 3.8) is 0 Å². The predicted octanol–water partition coefficient (Wildman–Crippen LogP) is -1.34. The van der Waals surface area contributed by atoms with Crippen molar-refractivity contribution in [2.75, 3.05) is 5.73 Å². The zero-order chi connectivity index (χ0) is 8.59. The smallest absolute Gasteiger partial charge is 0.363 e. The number of nitrogen functional groups attached to an aromatic ring is 1. The first-order valence-corrected chi connectivity index (χ1v) is 2.84. The summed E-state index contributed by atoms with van der Waals surface area (Å²) in [4.78, 5) is 23.2. The Morgan fingerprint density at radius 1 is 1.55 bits per heavy atom. The van der Waals surface area contributed by atoms with Gasteiger partial charge in [-0.2, -0.15) is 0 Å². The Hall–Kier alpha value is -1.72. The van der Waals surface area contributed by atoms with Gasteiger partial charge in [0.25, 0.3) is 5.56 Å². The Morgan fingerprint density at radius 2 is 2.09 bits per heavy atom. The lowest BCUT2D eigenvalue weighted by atomic mass is 10.3. The van der Waals surface area contributed by atoms with Crippen LogP contribution in [0.25, 0.3) is 0 Å². The van der Waals surface area contributed by atoms with Crippen molar-refractivity contribution in [3.8, 4) is 0 Å². The van der Waals surface area contributed by atoms with Gasteiger partial charge in [0.05, 0.1) is 5.56 Å². The predicted molar refractivity (Wildman–Crippen MR) is 37.7 cm³/mol. The number of H-pyrrole nitrogens is 1. The highest BCUT2D eigenvalue weighted by atomic mass is 16.5. The fourth-order valence-electron chi connectivity index (χ4n) is 0.628. The summed E-state index contributed by atoms with van der Waals surface area (Å²) < 4.78 is 0.191. The molecule has 0 spiro atoms. The molecule has 60 valence electrons. The van der Waals surface area contributed by atoms with Crippen LogP contribution in [0.3, 0.4) is 0 Å². The topological polar surface area (TPSA) is 101 Å². The quantitative estimate of drug-likeness (QED) is 0.406. The molecule has 1 heterocycles. The van der Waals surface area contributed by atoms with Crippen molar-refractivity contribution >= 4 is 5.82 Å². The monoisotopic (exact) mass is 157 g/mol. The molecule has 0 unspecified atom stereocenters. The van der Waals surface area contributed by atoms with E-state index in [1.54, 1.807) is 0 Å². The summed E-state index contributed by atoms with van der Waals surface area (Å²) in [5.41, 5.74) is 3.78. The van der Waals surface area contributed by atoms with Crippen LogP contribution >= 0.6 is 0 Å². The van der Waals surface area contributed by atoms with Crippen molar-refractivity contribution in [2.45, 2.75) is 6.92 Å². The maximum Gasteiger partial charge on any atom is 0.363 e. The Morgan fingerprint density at radius 3 is 2.64 bits per heavy atom. The molecule has 1 aromatic heterocycles. The molecule has 0 atom stereocenters. The molecule has 0 aliphatic rings. The van der Waals surface area contributed by atoms with Gasteiger partial charge in [0.2, 0.25) is 0 Å². The van der Waals surface area contributed by atoms with Crippen LogP contribution in [-0.4, -0.2) is 14.9 Å². The maximum absolute atomic E-state index is 10.8. The van der Waals surface area contributed by atoms with Crippen molar-refractivity contribution in [2.24, 2.45) is 0 Å². The first-order chi connectivity index (χ1) is 5.04. The molecule has 0 radical (unpaired) electrons. The summed E-state index contributed by atoms with van der Waals surface area (Å²) in [5.74, 6) is -0.237. The molecule has 1 aromatic rings. The zero-order valence-electron chi connectivity index (χ0n) is 5.79. The molecule has 6 heteroatoms. The first-order valence-electron chi connectivity index (χ1n) is 2.84. The minimum absolute atomic E-state index is 0.118. The molecule has 0 aliphatic heterocycles. The molecule has 4 N–H and O–H groups in total. The van der Waals surface area contributed by atoms with E-state index >= 15 is 0 Å². The van der Waals surface area contributed by atoms with Gasteiger partial charge in [-0.15, -0.1) is 4.73 Å². The third kappa shape index (κ3) is 0.977. The summed E-state index contributed by atoms with van der Waals surface area (Å²) >= 11 is 0. The van der Waals surface area contributed by atoms with Gasteiger partial charge in [-0.05, 0) is 6.92 Å². The number of aromatic amines is 1. The largest absolute Gasteiger partial charge is 0.422 e. The standard InChI is InChI=1S/C5H7N3O3/c1-2-3(6)8(11)5(10)7-4(2)9/h11H,6H2,1H3,(H,7,9,10). The molecule has 0 fully saturated rings. The number of hydrogen-bond donors (Lipinski definition) is 3. The Balaban J connectivity index is 3.73. The molecule has 0 saturated carbocycles. The Kier molecular flexibility index (Phi) is 1.45. The highest BCUT2D eigenvalue weighted by Gasteiger charge is 2.05. The van der Waals surface area contributed by atoms with Crippen LogP contribution in [0.5, 0.6) is 0 Å². The maximum atomic E-state index is 10.8. The number of nitrogens with zero attached hydrogens (tertiary/aromatic N) is 1. The van der Waals surface area contributed by atoms with E-state index in [1.165, 1.54) is 6.92 Å². The van der Waals surface area contributed by atoms with Gasteiger partial charge in [-0.25, -0.2) is 4.79 Å². The number of aromatic nitrogens is 2. The minimum Gasteiger partial charge on any atom is -0.422 e. The van der Waals surface area contributed by atoms with E-state index in [9.17, 15) is 9.59 Å². The van der Waals surface area contributed by atoms with Gasteiger partial charge < -0.3 is 10.9 Å². The number of rotatable bonds is 0. The van der Waals surface area contributed by atoms with E-state index in [0.717, 1.165) is 0 Å². The average molecular weight is 157 g/mol. The molecule has 0 aliphatic carbocycles. The lowest BCUT2D eigenvalue weighted by Gasteiger charge is -2.01. The summed E-state index contributed by atoms with van der Waals surface area (Å²) in [6, 6.07) is 0. The fraction of sp³-hybridized carbons (Fsp3) is 0.200. The second kappa shape index (κ2) is 2.15. The number of hydrogen-bond acceptors (Lipinski definition) is 4. The van der Waals surface area contributed by atoms with E-state index in [2.05, 4.69) is 0 Å². The molecule has 11 heavy (non-hydrogen) atoms. The third-order valence-electron chi connectivity index (χ3n) is 1.37. The highest BCUT2D eigenvalue weighted by Crippen LogP contribution is 1.96. The Bertz CT molecular complexity index is 355. The van der Waals surface area contributed by atoms with Crippen LogP contribution in [0.4, 0.5) is 5.82 Å². The van der Waals surface area contributed by atoms with Gasteiger partial charge >= 0.3 is 5.69 Å². The lowest BCUT2D eigenvalue weighted by Crippen LogP contribution is -2.32. The normalized spacial score (nSPS) is 9.91. The van der Waals surface area contributed by atoms with Crippen LogP contribution in [0.15, 0.2) is 9.59 Å². The zero-order valence-corrected chi connectivity index (χ0v) is 5.79. The fourth-order valence-corrected chi connectivity index (χ4v) is 0.628. The third-order valence-corrected chi connectivity index (χ3v) is 1.37. The van der Waals surface area contributed by atoms with Crippen LogP contribution in [-0.2, 0) is 0 Å². The van der Waals surface area contributed by atoms with E-state index < -0.39 is 11.2 Å². The van der Waals surface area contributed by atoms with Crippen molar-refractivity contribution in [1.82, 2.24) is 9.71 Å². The van der Waals surface area contributed by atoms with Crippen LogP contribution < -0.4 is 17.0 Å². The molecule has 6 nitrogen and oxygen atoms in total. The molecular weight excluding hydrogens is 150 g/mol. The molecule has 0 saturated heterocycles. The molecule has 1 rings (SSSR count). The summed E-state index contributed by atoms with van der Waals surface area (Å²) in [6.45, 7) is 1.40. The summed E-state index contributed by atoms with van der Waals surface area (Å²) in [6.07, 6.45) is 0. The van der Waals surface area contributed by atoms with Gasteiger partial charge in [-0.3, -0.25) is 9.78 Å². The van der Waals surface area contributed by atoms with E-state index in [0.29, 0.717) is 0 Å². The number of anilines is 1. The number of nitrogens with two attached hydrogens (primary N) is 1. The molecule has 0 aromatic carbocycles. The van der Waals surface area contributed by atoms with E-state index in [1.807, 2.05) is 4.98 Å². The van der Waals surface area contributed by atoms with Crippen LogP contribution in [0, 0.1) is 6.92 Å². The lowest BCUT2D eigenvalue weighted by molar-refractivity contribution is 0.175. The van der Waals surface area contributed by atoms with Gasteiger partial charge in [0.15, 0.2) is 5.82 Å². The average Bonchev–Trinajstić information content (AvgIpc) is 1.97. The first kappa shape index (κ1) is 7.39. The highest BCUT2D eigenvalue weighted by molar-refractivity contribution is 5.35. The van der Waals surface area contributed by atoms with E-state index in [-0.39, 0.29) is 16.1 Å². The SMILES string of the molecule is Cc1c(N)n(O)c(=O)[nH]c1=O. The summed E-state index contributed by atoms with van der Waals surface area (Å²) in [5, 5.41) is 8.82. The minimum atomic E-state index is -0.932. The van der Waals surface area contributed by atoms with Crippen molar-refractivity contribution in [1.29, 1.82) is 0 Å². The van der Waals surface area contributed by atoms with Crippen molar-refractivity contribution < 1.29 is 5.21 Å². The van der Waals surface area contributed by atoms with E-state index in [4.69, 9.17) is 10.9 Å². The Labute approximate surface area is 60.9 Å². The van der Waals surface area contributed by atoms with Gasteiger partial charge in [0, 0.05) is 0 Å². The van der Waals surface area contributed by atoms with Gasteiger partial charge in [0.1, 0.15) is 0 Å². The second-order valence-corrected chi connectivity index (χ2v) is 2.08. The van der Waals surface area contributed by atoms with Crippen LogP contribution in [0.2, 0.25) is 0 Å². The second-order valence-electron chi connectivity index (χ2n) is 2.08. The number of nitrogens with one attached hydrogen (secondary N) is 1. The summed E-state index contributed by atoms with van der Waals surface area (Å²) in [7, 11) is 0. The molecule has 0 bridgehead atoms.